The Kier molecular flexibility index (Phi) is 4.28. The van der Waals surface area contributed by atoms with Gasteiger partial charge in [-0.3, -0.25) is 9.69 Å². The van der Waals surface area contributed by atoms with Crippen LogP contribution in [0.2, 0.25) is 0 Å². The number of hydrogen-bond acceptors (Lipinski definition) is 3. The molecule has 2 aliphatic heterocycles. The molecular weight excluding hydrogens is 228 g/mol. The number of nitrogens with one attached hydrogen (secondary N) is 1. The third-order valence-corrected chi connectivity index (χ3v) is 3.94. The SMILES string of the molecule is CC1CCN(CC(=O)NC2CCOC(C)(C)C2)C1. The van der Waals surface area contributed by atoms with Crippen molar-refractivity contribution >= 4 is 5.91 Å². The predicted molar refractivity (Wildman–Crippen MR) is 71.4 cm³/mol. The number of nitrogens with zero attached hydrogens (tertiary/aromatic N) is 1. The molecule has 2 rings (SSSR count). The lowest BCUT2D eigenvalue weighted by Gasteiger charge is -2.36. The summed E-state index contributed by atoms with van der Waals surface area (Å²) in [6, 6.07) is 0.279. The van der Waals surface area contributed by atoms with E-state index in [-0.39, 0.29) is 17.6 Å². The Labute approximate surface area is 110 Å². The zero-order valence-electron chi connectivity index (χ0n) is 11.9. The van der Waals surface area contributed by atoms with Gasteiger partial charge in [-0.05, 0) is 45.6 Å². The Morgan fingerprint density at radius 1 is 1.44 bits per heavy atom. The predicted octanol–water partition coefficient (Wildman–Crippen LogP) is 1.40. The van der Waals surface area contributed by atoms with Crippen molar-refractivity contribution in [1.29, 1.82) is 0 Å². The standard InChI is InChI=1S/C14H26N2O2/c1-11-4-6-16(9-11)10-13(17)15-12-5-7-18-14(2,3)8-12/h11-12H,4-10H2,1-3H3,(H,15,17). The fraction of sp³-hybridized carbons (Fsp3) is 0.929. The van der Waals surface area contributed by atoms with Gasteiger partial charge in [0.25, 0.3) is 0 Å². The number of amides is 1. The summed E-state index contributed by atoms with van der Waals surface area (Å²) in [5.41, 5.74) is -0.0989. The van der Waals surface area contributed by atoms with Crippen LogP contribution in [0.25, 0.3) is 0 Å². The molecule has 4 heteroatoms. The molecule has 104 valence electrons. The van der Waals surface area contributed by atoms with E-state index < -0.39 is 0 Å². The van der Waals surface area contributed by atoms with Gasteiger partial charge in [0.1, 0.15) is 0 Å². The Morgan fingerprint density at radius 3 is 2.83 bits per heavy atom. The van der Waals surface area contributed by atoms with Gasteiger partial charge in [-0.1, -0.05) is 6.92 Å². The summed E-state index contributed by atoms with van der Waals surface area (Å²) in [6.45, 7) is 9.86. The van der Waals surface area contributed by atoms with E-state index in [0.29, 0.717) is 6.54 Å². The number of carbonyl (C=O) groups excluding carboxylic acids is 1. The molecular formula is C14H26N2O2. The molecule has 0 spiro atoms. The van der Waals surface area contributed by atoms with E-state index in [1.54, 1.807) is 0 Å². The van der Waals surface area contributed by atoms with Crippen LogP contribution in [0.1, 0.15) is 40.0 Å². The third kappa shape index (κ3) is 3.95. The molecule has 0 saturated carbocycles. The van der Waals surface area contributed by atoms with E-state index >= 15 is 0 Å². The van der Waals surface area contributed by atoms with Crippen LogP contribution in [0.15, 0.2) is 0 Å². The molecule has 2 heterocycles. The van der Waals surface area contributed by atoms with Gasteiger partial charge in [-0.25, -0.2) is 0 Å². The molecule has 0 bridgehead atoms. The van der Waals surface area contributed by atoms with Gasteiger partial charge in [0.15, 0.2) is 0 Å². The minimum atomic E-state index is -0.0989. The van der Waals surface area contributed by atoms with E-state index in [1.165, 1.54) is 6.42 Å². The maximum absolute atomic E-state index is 12.0. The van der Waals surface area contributed by atoms with Gasteiger partial charge in [0, 0.05) is 19.2 Å². The molecule has 0 radical (unpaired) electrons. The largest absolute Gasteiger partial charge is 0.375 e. The highest BCUT2D eigenvalue weighted by Crippen LogP contribution is 2.23. The molecule has 4 nitrogen and oxygen atoms in total. The van der Waals surface area contributed by atoms with Crippen LogP contribution in [0.5, 0.6) is 0 Å². The number of rotatable bonds is 3. The van der Waals surface area contributed by atoms with Gasteiger partial charge in [0.2, 0.25) is 5.91 Å². The molecule has 2 fully saturated rings. The van der Waals surface area contributed by atoms with E-state index in [4.69, 9.17) is 4.74 Å². The van der Waals surface area contributed by atoms with Crippen molar-refractivity contribution in [2.45, 2.75) is 51.7 Å². The fourth-order valence-corrected chi connectivity index (χ4v) is 3.00. The van der Waals surface area contributed by atoms with Crippen molar-refractivity contribution < 1.29 is 9.53 Å². The van der Waals surface area contributed by atoms with E-state index in [0.717, 1.165) is 38.5 Å². The van der Waals surface area contributed by atoms with Crippen molar-refractivity contribution in [1.82, 2.24) is 10.2 Å². The summed E-state index contributed by atoms with van der Waals surface area (Å²) in [4.78, 5) is 14.2. The lowest BCUT2D eigenvalue weighted by molar-refractivity contribution is -0.125. The van der Waals surface area contributed by atoms with E-state index in [2.05, 4.69) is 31.0 Å². The second kappa shape index (κ2) is 5.57. The second-order valence-electron chi connectivity index (χ2n) is 6.49. The summed E-state index contributed by atoms with van der Waals surface area (Å²) in [5, 5.41) is 3.16. The number of ether oxygens (including phenoxy) is 1. The smallest absolute Gasteiger partial charge is 0.234 e. The Hall–Kier alpha value is -0.610. The van der Waals surface area contributed by atoms with E-state index in [9.17, 15) is 4.79 Å². The third-order valence-electron chi connectivity index (χ3n) is 3.94. The molecule has 2 aliphatic rings. The molecule has 2 unspecified atom stereocenters. The van der Waals surface area contributed by atoms with Gasteiger partial charge >= 0.3 is 0 Å². The summed E-state index contributed by atoms with van der Waals surface area (Å²) < 4.78 is 5.66. The first-order valence-corrected chi connectivity index (χ1v) is 7.10. The van der Waals surface area contributed by atoms with Gasteiger partial charge < -0.3 is 10.1 Å². The summed E-state index contributed by atoms with van der Waals surface area (Å²) in [6.07, 6.45) is 3.07. The highest BCUT2D eigenvalue weighted by atomic mass is 16.5. The summed E-state index contributed by atoms with van der Waals surface area (Å²) in [7, 11) is 0. The summed E-state index contributed by atoms with van der Waals surface area (Å²) >= 11 is 0. The van der Waals surface area contributed by atoms with Crippen molar-refractivity contribution in [2.75, 3.05) is 26.2 Å². The first kappa shape index (κ1) is 13.8. The second-order valence-corrected chi connectivity index (χ2v) is 6.49. The van der Waals surface area contributed by atoms with Crippen LogP contribution >= 0.6 is 0 Å². The topological polar surface area (TPSA) is 41.6 Å². The lowest BCUT2D eigenvalue weighted by atomic mass is 9.94. The number of hydrogen-bond donors (Lipinski definition) is 1. The quantitative estimate of drug-likeness (QED) is 0.828. The molecule has 0 aromatic carbocycles. The van der Waals surface area contributed by atoms with Gasteiger partial charge in [-0.2, -0.15) is 0 Å². The van der Waals surface area contributed by atoms with Crippen LogP contribution in [0, 0.1) is 5.92 Å². The molecule has 2 atom stereocenters. The molecule has 1 amide bonds. The number of carbonyl (C=O) groups is 1. The maximum atomic E-state index is 12.0. The first-order chi connectivity index (χ1) is 8.44. The van der Waals surface area contributed by atoms with E-state index in [1.807, 2.05) is 0 Å². The zero-order valence-corrected chi connectivity index (χ0v) is 11.9. The van der Waals surface area contributed by atoms with Crippen LogP contribution in [0.4, 0.5) is 0 Å². The molecule has 1 N–H and O–H groups in total. The molecule has 0 aliphatic carbocycles. The normalized spacial score (nSPS) is 32.4. The van der Waals surface area contributed by atoms with Crippen molar-refractivity contribution in [3.63, 3.8) is 0 Å². The molecule has 0 aromatic rings. The highest BCUT2D eigenvalue weighted by molar-refractivity contribution is 5.78. The maximum Gasteiger partial charge on any atom is 0.234 e. The van der Waals surface area contributed by atoms with Crippen LogP contribution in [0.3, 0.4) is 0 Å². The minimum Gasteiger partial charge on any atom is -0.375 e. The van der Waals surface area contributed by atoms with Crippen LogP contribution in [-0.2, 0) is 9.53 Å². The minimum absolute atomic E-state index is 0.0989. The molecule has 2 saturated heterocycles. The lowest BCUT2D eigenvalue weighted by Crippen LogP contribution is -2.48. The van der Waals surface area contributed by atoms with Gasteiger partial charge in [0.05, 0.1) is 12.1 Å². The van der Waals surface area contributed by atoms with Crippen LogP contribution in [-0.4, -0.2) is 48.7 Å². The summed E-state index contributed by atoms with van der Waals surface area (Å²) in [5.74, 6) is 0.909. The highest BCUT2D eigenvalue weighted by Gasteiger charge is 2.30. The first-order valence-electron chi connectivity index (χ1n) is 7.10. The molecule has 0 aromatic heterocycles. The van der Waals surface area contributed by atoms with Crippen LogP contribution < -0.4 is 5.32 Å². The average Bonchev–Trinajstić information content (AvgIpc) is 2.62. The average molecular weight is 254 g/mol. The van der Waals surface area contributed by atoms with Crippen molar-refractivity contribution in [3.05, 3.63) is 0 Å². The Balaban J connectivity index is 1.74. The Morgan fingerprint density at radius 2 is 2.22 bits per heavy atom. The monoisotopic (exact) mass is 254 g/mol. The Bertz CT molecular complexity index is 304. The zero-order chi connectivity index (χ0) is 13.2. The fourth-order valence-electron chi connectivity index (χ4n) is 3.00. The van der Waals surface area contributed by atoms with Gasteiger partial charge in [-0.15, -0.1) is 0 Å². The van der Waals surface area contributed by atoms with Crippen molar-refractivity contribution in [2.24, 2.45) is 5.92 Å². The number of likely N-dealkylation sites (tertiary alicyclic amines) is 1. The molecule has 18 heavy (non-hydrogen) atoms. The van der Waals surface area contributed by atoms with Crippen molar-refractivity contribution in [3.8, 4) is 0 Å².